The van der Waals surface area contributed by atoms with E-state index in [-0.39, 0.29) is 24.9 Å². The molecule has 0 aromatic carbocycles. The van der Waals surface area contributed by atoms with Gasteiger partial charge in [0.15, 0.2) is 0 Å². The molecule has 6 heteroatoms. The van der Waals surface area contributed by atoms with E-state index in [1.165, 1.54) is 122 Å². The number of rotatable bonds is 45. The van der Waals surface area contributed by atoms with Crippen LogP contribution >= 0.6 is 0 Å². The van der Waals surface area contributed by atoms with E-state index in [9.17, 15) is 19.8 Å². The van der Waals surface area contributed by atoms with Gasteiger partial charge in [0, 0.05) is 6.42 Å². The van der Waals surface area contributed by atoms with Crippen LogP contribution in [0.5, 0.6) is 0 Å². The summed E-state index contributed by atoms with van der Waals surface area (Å²) < 4.78 is 5.91. The van der Waals surface area contributed by atoms with Gasteiger partial charge in [-0.1, -0.05) is 217 Å². The molecular formula is C53H97NO5. The highest BCUT2D eigenvalue weighted by Gasteiger charge is 2.24. The molecule has 0 aliphatic rings. The van der Waals surface area contributed by atoms with Crippen LogP contribution in [-0.4, -0.2) is 46.9 Å². The fraction of sp³-hybridized carbons (Fsp3) is 0.811. The lowest BCUT2D eigenvalue weighted by Gasteiger charge is -2.24. The monoisotopic (exact) mass is 828 g/mol. The lowest BCUT2D eigenvalue weighted by atomic mass is 10.0. The fourth-order valence-corrected chi connectivity index (χ4v) is 7.53. The second kappa shape index (κ2) is 46.9. The van der Waals surface area contributed by atoms with Gasteiger partial charge in [-0.3, -0.25) is 9.59 Å². The summed E-state index contributed by atoms with van der Waals surface area (Å²) in [4.78, 5) is 26.1. The van der Waals surface area contributed by atoms with E-state index in [1.54, 1.807) is 0 Å². The van der Waals surface area contributed by atoms with Gasteiger partial charge in [-0.2, -0.15) is 0 Å². The molecule has 344 valence electrons. The molecule has 0 aromatic heterocycles. The van der Waals surface area contributed by atoms with Crippen molar-refractivity contribution in [2.24, 2.45) is 0 Å². The highest BCUT2D eigenvalue weighted by atomic mass is 16.5. The average molecular weight is 828 g/mol. The number of aliphatic hydroxyl groups excluding tert-OH is 2. The lowest BCUT2D eigenvalue weighted by Crippen LogP contribution is -2.46. The third kappa shape index (κ3) is 42.3. The van der Waals surface area contributed by atoms with Crippen LogP contribution in [0.2, 0.25) is 0 Å². The first-order chi connectivity index (χ1) is 29.0. The molecule has 3 N–H and O–H groups in total. The van der Waals surface area contributed by atoms with Gasteiger partial charge in [0.25, 0.3) is 0 Å². The van der Waals surface area contributed by atoms with Crippen LogP contribution in [0.25, 0.3) is 0 Å². The molecule has 0 heterocycles. The van der Waals surface area contributed by atoms with E-state index in [0.29, 0.717) is 19.3 Å². The Bertz CT molecular complexity index is 1020. The van der Waals surface area contributed by atoms with Crippen LogP contribution < -0.4 is 5.32 Å². The normalized spacial score (nSPS) is 13.6. The molecule has 0 aliphatic heterocycles. The zero-order valence-electron chi connectivity index (χ0n) is 39.1. The minimum Gasteiger partial charge on any atom is -0.462 e. The number of carbonyl (C=O) groups excluding carboxylic acids is 2. The Morgan fingerprint density at radius 2 is 0.864 bits per heavy atom. The smallest absolute Gasteiger partial charge is 0.306 e. The maximum atomic E-state index is 13.2. The molecule has 6 nitrogen and oxygen atoms in total. The number of unbranched alkanes of at least 4 members (excludes halogenated alkanes) is 25. The Morgan fingerprint density at radius 3 is 1.32 bits per heavy atom. The summed E-state index contributed by atoms with van der Waals surface area (Å²) >= 11 is 0. The number of allylic oxidation sites excluding steroid dienone is 8. The van der Waals surface area contributed by atoms with Crippen molar-refractivity contribution < 1.29 is 24.5 Å². The molecule has 0 saturated carbocycles. The number of amides is 1. The van der Waals surface area contributed by atoms with Crippen LogP contribution in [0.15, 0.2) is 48.6 Å². The summed E-state index contributed by atoms with van der Waals surface area (Å²) in [6.45, 7) is 6.43. The van der Waals surface area contributed by atoms with Gasteiger partial charge in [-0.15, -0.1) is 0 Å². The molecule has 0 fully saturated rings. The predicted octanol–water partition coefficient (Wildman–Crippen LogP) is 15.1. The molecule has 0 spiro atoms. The quantitative estimate of drug-likeness (QED) is 0.0323. The van der Waals surface area contributed by atoms with Crippen molar-refractivity contribution in [3.63, 3.8) is 0 Å². The third-order valence-electron chi connectivity index (χ3n) is 11.4. The van der Waals surface area contributed by atoms with Gasteiger partial charge in [0.05, 0.1) is 25.2 Å². The highest BCUT2D eigenvalue weighted by molar-refractivity contribution is 5.77. The van der Waals surface area contributed by atoms with Gasteiger partial charge in [-0.25, -0.2) is 0 Å². The number of esters is 1. The molecule has 3 atom stereocenters. The minimum atomic E-state index is -0.790. The van der Waals surface area contributed by atoms with Gasteiger partial charge in [-0.05, 0) is 70.6 Å². The van der Waals surface area contributed by atoms with E-state index in [1.807, 2.05) is 0 Å². The van der Waals surface area contributed by atoms with Crippen LogP contribution in [-0.2, 0) is 14.3 Å². The lowest BCUT2D eigenvalue weighted by molar-refractivity contribution is -0.151. The van der Waals surface area contributed by atoms with E-state index in [4.69, 9.17) is 4.74 Å². The Morgan fingerprint density at radius 1 is 0.492 bits per heavy atom. The van der Waals surface area contributed by atoms with E-state index in [2.05, 4.69) is 74.7 Å². The second-order valence-electron chi connectivity index (χ2n) is 17.2. The van der Waals surface area contributed by atoms with Crippen molar-refractivity contribution >= 4 is 11.9 Å². The number of ether oxygens (including phenoxy) is 1. The van der Waals surface area contributed by atoms with Gasteiger partial charge < -0.3 is 20.3 Å². The zero-order valence-corrected chi connectivity index (χ0v) is 39.1. The molecule has 0 bridgehead atoms. The minimum absolute atomic E-state index is 0.0664. The van der Waals surface area contributed by atoms with Crippen molar-refractivity contribution in [3.8, 4) is 0 Å². The summed E-state index contributed by atoms with van der Waals surface area (Å²) in [5.41, 5.74) is 0. The van der Waals surface area contributed by atoms with Crippen LogP contribution in [0.1, 0.15) is 252 Å². The van der Waals surface area contributed by atoms with Crippen molar-refractivity contribution in [1.29, 1.82) is 0 Å². The number of aliphatic hydroxyl groups is 2. The summed E-state index contributed by atoms with van der Waals surface area (Å²) in [6.07, 6.45) is 56.0. The summed E-state index contributed by atoms with van der Waals surface area (Å²) in [5.74, 6) is -0.506. The standard InChI is InChI=1S/C53H97NO5/c1-4-7-10-13-16-19-22-23-24-25-26-27-28-29-31-34-37-40-43-46-53(58)59-49(44-41-38-35-32-21-18-15-12-9-6-3)47-52(57)54-50(48-55)51(56)45-42-39-36-33-30-20-17-14-11-8-5-2/h16,19,23-24,26-27,29,31,49-51,55-56H,4-15,17-18,20-22,25,28,30,32-48H2,1-3H3,(H,54,57)/b19-16-,24-23-,27-26-,31-29-. The second-order valence-corrected chi connectivity index (χ2v) is 17.2. The summed E-state index contributed by atoms with van der Waals surface area (Å²) in [5, 5.41) is 23.7. The summed E-state index contributed by atoms with van der Waals surface area (Å²) in [6, 6.07) is -0.705. The maximum absolute atomic E-state index is 13.2. The molecule has 0 aliphatic carbocycles. The first-order valence-electron chi connectivity index (χ1n) is 25.4. The average Bonchev–Trinajstić information content (AvgIpc) is 3.23. The van der Waals surface area contributed by atoms with Gasteiger partial charge >= 0.3 is 5.97 Å². The van der Waals surface area contributed by atoms with Crippen LogP contribution in [0.3, 0.4) is 0 Å². The van der Waals surface area contributed by atoms with Crippen molar-refractivity contribution in [2.75, 3.05) is 6.61 Å². The fourth-order valence-electron chi connectivity index (χ4n) is 7.53. The Hall–Kier alpha value is -2.18. The number of carbonyl (C=O) groups is 2. The molecule has 0 aromatic rings. The zero-order chi connectivity index (χ0) is 43.1. The Labute approximate surface area is 366 Å². The van der Waals surface area contributed by atoms with Crippen LogP contribution in [0, 0.1) is 0 Å². The SMILES string of the molecule is CCCCC/C=C\C/C=C\C/C=C\C/C=C\CCCCCC(=O)OC(CCCCCCCCCCCC)CC(=O)NC(CO)C(O)CCCCCCCCCCCCC. The van der Waals surface area contributed by atoms with E-state index >= 15 is 0 Å². The first kappa shape index (κ1) is 56.8. The molecule has 1 amide bonds. The van der Waals surface area contributed by atoms with Crippen molar-refractivity contribution in [2.45, 2.75) is 270 Å². The number of hydrogen-bond acceptors (Lipinski definition) is 5. The topological polar surface area (TPSA) is 95.9 Å². The molecule has 0 radical (unpaired) electrons. The van der Waals surface area contributed by atoms with E-state index in [0.717, 1.165) is 83.5 Å². The molecule has 0 rings (SSSR count). The number of hydrogen-bond donors (Lipinski definition) is 3. The molecule has 0 saturated heterocycles. The predicted molar refractivity (Wildman–Crippen MR) is 255 cm³/mol. The molecular weight excluding hydrogens is 731 g/mol. The van der Waals surface area contributed by atoms with Gasteiger partial charge in [0.1, 0.15) is 6.10 Å². The largest absolute Gasteiger partial charge is 0.462 e. The molecule has 3 unspecified atom stereocenters. The first-order valence-corrected chi connectivity index (χ1v) is 25.4. The Kier molecular flexibility index (Phi) is 45.1. The Balaban J connectivity index is 4.55. The van der Waals surface area contributed by atoms with Crippen LogP contribution in [0.4, 0.5) is 0 Å². The van der Waals surface area contributed by atoms with E-state index < -0.39 is 18.2 Å². The van der Waals surface area contributed by atoms with Crippen molar-refractivity contribution in [1.82, 2.24) is 5.32 Å². The molecule has 59 heavy (non-hydrogen) atoms. The highest BCUT2D eigenvalue weighted by Crippen LogP contribution is 2.18. The maximum Gasteiger partial charge on any atom is 0.306 e. The summed E-state index contributed by atoms with van der Waals surface area (Å²) in [7, 11) is 0. The number of nitrogens with one attached hydrogen (secondary N) is 1. The third-order valence-corrected chi connectivity index (χ3v) is 11.4. The van der Waals surface area contributed by atoms with Crippen molar-refractivity contribution in [3.05, 3.63) is 48.6 Å². The van der Waals surface area contributed by atoms with Gasteiger partial charge in [0.2, 0.25) is 5.91 Å².